The number of aromatic nitrogens is 2. The molecular weight excluding hydrogens is 246 g/mol. The van der Waals surface area contributed by atoms with Gasteiger partial charge in [-0.05, 0) is 19.3 Å². The lowest BCUT2D eigenvalue weighted by atomic mass is 10.0. The predicted molar refractivity (Wildman–Crippen MR) is 67.5 cm³/mol. The molecule has 3 rings (SSSR count). The number of carbonyl (C=O) groups excluding carboxylic acids is 1. The molecule has 2 aliphatic rings. The first-order valence-electron chi connectivity index (χ1n) is 6.63. The normalized spacial score (nSPS) is 22.5. The van der Waals surface area contributed by atoms with Crippen LogP contribution in [0.4, 0.5) is 5.82 Å². The third kappa shape index (κ3) is 2.74. The van der Waals surface area contributed by atoms with Crippen LogP contribution in [0.15, 0.2) is 6.20 Å². The van der Waals surface area contributed by atoms with Gasteiger partial charge in [0.2, 0.25) is 5.91 Å². The lowest BCUT2D eigenvalue weighted by molar-refractivity contribution is -0.117. The molecule has 2 N–H and O–H groups in total. The van der Waals surface area contributed by atoms with Crippen molar-refractivity contribution in [3.8, 4) is 0 Å². The van der Waals surface area contributed by atoms with E-state index >= 15 is 0 Å². The molecule has 1 aromatic heterocycles. The van der Waals surface area contributed by atoms with Crippen LogP contribution in [0.5, 0.6) is 0 Å². The van der Waals surface area contributed by atoms with Gasteiger partial charge >= 0.3 is 0 Å². The number of rotatable bonds is 4. The molecule has 2 fully saturated rings. The molecular formula is C13H17N3O3. The average molecular weight is 263 g/mol. The zero-order valence-electron chi connectivity index (χ0n) is 10.6. The molecule has 2 heterocycles. The molecule has 0 bridgehead atoms. The number of aliphatic hydroxyl groups excluding tert-OH is 1. The van der Waals surface area contributed by atoms with Gasteiger partial charge in [0.15, 0.2) is 5.82 Å². The molecule has 19 heavy (non-hydrogen) atoms. The van der Waals surface area contributed by atoms with Gasteiger partial charge in [0.05, 0.1) is 30.8 Å². The van der Waals surface area contributed by atoms with E-state index in [1.54, 1.807) is 6.20 Å². The lowest BCUT2D eigenvalue weighted by Crippen LogP contribution is -2.16. The number of ether oxygens (including phenoxy) is 1. The van der Waals surface area contributed by atoms with Crippen molar-refractivity contribution in [2.45, 2.75) is 31.8 Å². The third-order valence-corrected chi connectivity index (χ3v) is 3.54. The Morgan fingerprint density at radius 1 is 1.47 bits per heavy atom. The Morgan fingerprint density at radius 2 is 2.32 bits per heavy atom. The largest absolute Gasteiger partial charge is 0.390 e. The first-order valence-corrected chi connectivity index (χ1v) is 6.63. The van der Waals surface area contributed by atoms with Crippen LogP contribution in [0.1, 0.15) is 36.6 Å². The number of nitrogens with one attached hydrogen (secondary N) is 1. The Hall–Kier alpha value is -1.53. The van der Waals surface area contributed by atoms with E-state index in [0.29, 0.717) is 18.1 Å². The molecule has 6 heteroatoms. The Morgan fingerprint density at radius 3 is 2.95 bits per heavy atom. The molecule has 0 aromatic carbocycles. The highest BCUT2D eigenvalue weighted by Gasteiger charge is 2.30. The van der Waals surface area contributed by atoms with E-state index in [1.807, 2.05) is 0 Å². The van der Waals surface area contributed by atoms with Gasteiger partial charge in [-0.3, -0.25) is 9.78 Å². The van der Waals surface area contributed by atoms with Crippen molar-refractivity contribution < 1.29 is 14.6 Å². The average Bonchev–Trinajstić information content (AvgIpc) is 3.15. The molecule has 1 amide bonds. The summed E-state index contributed by atoms with van der Waals surface area (Å²) in [7, 11) is 0. The summed E-state index contributed by atoms with van der Waals surface area (Å²) >= 11 is 0. The lowest BCUT2D eigenvalue weighted by Gasteiger charge is -2.12. The summed E-state index contributed by atoms with van der Waals surface area (Å²) in [5.41, 5.74) is 1.31. The minimum Gasteiger partial charge on any atom is -0.390 e. The van der Waals surface area contributed by atoms with E-state index in [9.17, 15) is 9.90 Å². The number of hydrogen-bond donors (Lipinski definition) is 2. The molecule has 1 unspecified atom stereocenters. The topological polar surface area (TPSA) is 84.3 Å². The van der Waals surface area contributed by atoms with Crippen LogP contribution in [0, 0.1) is 5.92 Å². The summed E-state index contributed by atoms with van der Waals surface area (Å²) in [5.74, 6) is 0.740. The van der Waals surface area contributed by atoms with E-state index < -0.39 is 0 Å². The van der Waals surface area contributed by atoms with Crippen molar-refractivity contribution in [1.82, 2.24) is 9.97 Å². The van der Waals surface area contributed by atoms with E-state index in [2.05, 4.69) is 15.3 Å². The van der Waals surface area contributed by atoms with E-state index in [0.717, 1.165) is 31.6 Å². The molecule has 1 saturated heterocycles. The fraction of sp³-hybridized carbons (Fsp3) is 0.615. The maximum atomic E-state index is 11.7. The molecule has 102 valence electrons. The van der Waals surface area contributed by atoms with Crippen molar-refractivity contribution in [1.29, 1.82) is 0 Å². The predicted octanol–water partition coefficient (Wildman–Crippen LogP) is 0.821. The van der Waals surface area contributed by atoms with E-state index in [-0.39, 0.29) is 24.3 Å². The van der Waals surface area contributed by atoms with Crippen molar-refractivity contribution in [2.75, 3.05) is 18.5 Å². The third-order valence-electron chi connectivity index (χ3n) is 3.54. The fourth-order valence-electron chi connectivity index (χ4n) is 2.28. The number of amides is 1. The van der Waals surface area contributed by atoms with Crippen molar-refractivity contribution in [3.63, 3.8) is 0 Å². The highest BCUT2D eigenvalue weighted by Crippen LogP contribution is 2.30. The van der Waals surface area contributed by atoms with Crippen LogP contribution in [-0.4, -0.2) is 34.2 Å². The Labute approximate surface area is 111 Å². The van der Waals surface area contributed by atoms with Gasteiger partial charge in [-0.1, -0.05) is 0 Å². The van der Waals surface area contributed by atoms with Gasteiger partial charge in [0, 0.05) is 18.4 Å². The Bertz CT molecular complexity index is 482. The number of hydrogen-bond acceptors (Lipinski definition) is 5. The molecule has 0 spiro atoms. The smallest absolute Gasteiger partial charge is 0.228 e. The van der Waals surface area contributed by atoms with Crippen LogP contribution in [0.2, 0.25) is 0 Å². The van der Waals surface area contributed by atoms with Gasteiger partial charge in [0.25, 0.3) is 0 Å². The Kier molecular flexibility index (Phi) is 3.44. The fourth-order valence-corrected chi connectivity index (χ4v) is 2.28. The molecule has 1 atom stereocenters. The van der Waals surface area contributed by atoms with Crippen LogP contribution >= 0.6 is 0 Å². The molecule has 1 aliphatic heterocycles. The van der Waals surface area contributed by atoms with E-state index in [4.69, 9.17) is 4.74 Å². The van der Waals surface area contributed by atoms with Crippen LogP contribution in [0.25, 0.3) is 0 Å². The number of aliphatic hydroxyl groups is 1. The minimum absolute atomic E-state index is 0.00450. The van der Waals surface area contributed by atoms with E-state index in [1.165, 1.54) is 0 Å². The number of nitrogens with zero attached hydrogens (tertiary/aromatic N) is 2. The summed E-state index contributed by atoms with van der Waals surface area (Å²) < 4.78 is 5.33. The second kappa shape index (κ2) is 5.22. The van der Waals surface area contributed by atoms with Crippen molar-refractivity contribution in [2.24, 2.45) is 5.92 Å². The van der Waals surface area contributed by atoms with Crippen LogP contribution in [0.3, 0.4) is 0 Å². The summed E-state index contributed by atoms with van der Waals surface area (Å²) in [6, 6.07) is 0. The minimum atomic E-state index is -0.175. The van der Waals surface area contributed by atoms with Crippen molar-refractivity contribution >= 4 is 11.7 Å². The van der Waals surface area contributed by atoms with Crippen molar-refractivity contribution in [3.05, 3.63) is 17.6 Å². The van der Waals surface area contributed by atoms with Crippen LogP contribution < -0.4 is 5.32 Å². The van der Waals surface area contributed by atoms with Gasteiger partial charge < -0.3 is 15.2 Å². The number of carbonyl (C=O) groups is 1. The summed E-state index contributed by atoms with van der Waals surface area (Å²) in [6.45, 7) is 1.17. The van der Waals surface area contributed by atoms with Crippen LogP contribution in [-0.2, 0) is 16.1 Å². The maximum absolute atomic E-state index is 11.7. The molecule has 0 radical (unpaired) electrons. The molecule has 1 aromatic rings. The first kappa shape index (κ1) is 12.5. The van der Waals surface area contributed by atoms with Gasteiger partial charge in [-0.15, -0.1) is 0 Å². The highest BCUT2D eigenvalue weighted by atomic mass is 16.5. The molecule has 1 aliphatic carbocycles. The maximum Gasteiger partial charge on any atom is 0.228 e. The first-order chi connectivity index (χ1) is 9.28. The molecule has 1 saturated carbocycles. The summed E-state index contributed by atoms with van der Waals surface area (Å²) in [4.78, 5) is 20.3. The SMILES string of the molecule is O=C(Nc1cnc(C2CCOC2)c(CO)n1)C1CC1. The number of anilines is 1. The monoisotopic (exact) mass is 263 g/mol. The van der Waals surface area contributed by atoms with Gasteiger partial charge in [-0.2, -0.15) is 0 Å². The van der Waals surface area contributed by atoms with Gasteiger partial charge in [-0.25, -0.2) is 4.98 Å². The highest BCUT2D eigenvalue weighted by molar-refractivity contribution is 5.93. The Balaban J connectivity index is 1.77. The second-order valence-electron chi connectivity index (χ2n) is 5.07. The zero-order chi connectivity index (χ0) is 13.2. The zero-order valence-corrected chi connectivity index (χ0v) is 10.6. The summed E-state index contributed by atoms with van der Waals surface area (Å²) in [5, 5.41) is 12.1. The quantitative estimate of drug-likeness (QED) is 0.840. The van der Waals surface area contributed by atoms with Gasteiger partial charge in [0.1, 0.15) is 0 Å². The second-order valence-corrected chi connectivity index (χ2v) is 5.07. The molecule has 6 nitrogen and oxygen atoms in total. The standard InChI is InChI=1S/C13H17N3O3/c17-6-10-12(9-3-4-19-7-9)14-5-11(15-10)16-13(18)8-1-2-8/h5,8-9,17H,1-4,6-7H2,(H,15,16,18). The summed E-state index contributed by atoms with van der Waals surface area (Å²) in [6.07, 6.45) is 4.36.